The topological polar surface area (TPSA) is 70.7 Å². The first-order valence-corrected chi connectivity index (χ1v) is 6.81. The minimum absolute atomic E-state index is 0.00560. The van der Waals surface area contributed by atoms with Crippen LogP contribution >= 0.6 is 23.4 Å². The lowest BCUT2D eigenvalue weighted by molar-refractivity contribution is -0.120. The molecule has 1 amide bonds. The molecule has 0 aliphatic heterocycles. The second-order valence-electron chi connectivity index (χ2n) is 3.72. The third-order valence-electron chi connectivity index (χ3n) is 2.29. The number of nitrogens with one attached hydrogen (secondary N) is 2. The number of rotatable bonds is 4. The molecule has 0 fully saturated rings. The number of pyridine rings is 1. The molecule has 2 N–H and O–H groups in total. The number of H-pyrrole nitrogens is 1. The van der Waals surface area contributed by atoms with E-state index in [0.29, 0.717) is 22.4 Å². The van der Waals surface area contributed by atoms with Crippen LogP contribution in [0.1, 0.15) is 13.8 Å². The van der Waals surface area contributed by atoms with Crippen molar-refractivity contribution in [3.63, 3.8) is 0 Å². The minimum Gasteiger partial charge on any atom is -0.355 e. The summed E-state index contributed by atoms with van der Waals surface area (Å²) < 4.78 is 0. The number of halogens is 1. The van der Waals surface area contributed by atoms with Gasteiger partial charge in [0.2, 0.25) is 5.91 Å². The van der Waals surface area contributed by atoms with Crippen molar-refractivity contribution >= 4 is 40.4 Å². The Labute approximate surface area is 114 Å². The number of aromatic nitrogens is 3. The van der Waals surface area contributed by atoms with Gasteiger partial charge in [-0.05, 0) is 19.9 Å². The summed E-state index contributed by atoms with van der Waals surface area (Å²) in [5.41, 5.74) is 1.37. The third-order valence-corrected chi connectivity index (χ3v) is 3.48. The number of carbonyl (C=O) groups excluding carboxylic acids is 1. The summed E-state index contributed by atoms with van der Waals surface area (Å²) in [5, 5.41) is 3.78. The first-order valence-electron chi connectivity index (χ1n) is 5.55. The van der Waals surface area contributed by atoms with E-state index in [9.17, 15) is 4.79 Å². The smallest absolute Gasteiger partial charge is 0.233 e. The van der Waals surface area contributed by atoms with Crippen molar-refractivity contribution in [1.82, 2.24) is 20.3 Å². The lowest BCUT2D eigenvalue weighted by Gasteiger charge is -2.08. The van der Waals surface area contributed by atoms with Gasteiger partial charge in [0, 0.05) is 12.7 Å². The molecule has 0 saturated heterocycles. The van der Waals surface area contributed by atoms with Gasteiger partial charge in [-0.1, -0.05) is 23.4 Å². The van der Waals surface area contributed by atoms with Crippen LogP contribution in [0.15, 0.2) is 17.4 Å². The molecule has 0 saturated carbocycles. The highest BCUT2D eigenvalue weighted by atomic mass is 35.5. The van der Waals surface area contributed by atoms with E-state index >= 15 is 0 Å². The van der Waals surface area contributed by atoms with E-state index in [2.05, 4.69) is 20.3 Å². The molecule has 0 aliphatic rings. The van der Waals surface area contributed by atoms with E-state index in [4.69, 9.17) is 11.6 Å². The van der Waals surface area contributed by atoms with E-state index in [-0.39, 0.29) is 11.2 Å². The Bertz CT molecular complexity index is 571. The molecule has 0 aromatic carbocycles. The van der Waals surface area contributed by atoms with Crippen molar-refractivity contribution in [2.45, 2.75) is 24.3 Å². The van der Waals surface area contributed by atoms with Crippen LogP contribution in [0.3, 0.4) is 0 Å². The molecule has 0 spiro atoms. The molecule has 0 unspecified atom stereocenters. The highest BCUT2D eigenvalue weighted by Crippen LogP contribution is 2.23. The van der Waals surface area contributed by atoms with Crippen LogP contribution in [0.25, 0.3) is 11.2 Å². The monoisotopic (exact) mass is 284 g/mol. The summed E-state index contributed by atoms with van der Waals surface area (Å²) in [4.78, 5) is 23.1. The van der Waals surface area contributed by atoms with Gasteiger partial charge >= 0.3 is 0 Å². The summed E-state index contributed by atoms with van der Waals surface area (Å²) in [6.45, 7) is 4.35. The maximum atomic E-state index is 11.6. The Hall–Kier alpha value is -1.27. The molecule has 2 aromatic heterocycles. The largest absolute Gasteiger partial charge is 0.355 e. The standard InChI is InChI=1S/C11H13ClN4OS/c1-3-13-10(17)6(2)18-11-15-8-4-7(12)5-14-9(8)16-11/h4-6H,3H2,1-2H3,(H,13,17)(H,14,15,16)/t6-/m1/s1. The molecule has 0 bridgehead atoms. The van der Waals surface area contributed by atoms with E-state index in [1.54, 1.807) is 12.3 Å². The van der Waals surface area contributed by atoms with Crippen LogP contribution in [0, 0.1) is 0 Å². The Balaban J connectivity index is 2.14. The number of hydrogen-bond donors (Lipinski definition) is 2. The van der Waals surface area contributed by atoms with E-state index in [1.807, 2.05) is 13.8 Å². The van der Waals surface area contributed by atoms with Gasteiger partial charge in [0.1, 0.15) is 0 Å². The summed E-state index contributed by atoms with van der Waals surface area (Å²) >= 11 is 7.21. The van der Waals surface area contributed by atoms with Crippen LogP contribution in [0.4, 0.5) is 0 Å². The molecular formula is C11H13ClN4OS. The molecule has 2 rings (SSSR count). The maximum Gasteiger partial charge on any atom is 0.233 e. The first-order chi connectivity index (χ1) is 8.60. The second-order valence-corrected chi connectivity index (χ2v) is 5.49. The van der Waals surface area contributed by atoms with Gasteiger partial charge in [0.05, 0.1) is 15.8 Å². The fraction of sp³-hybridized carbons (Fsp3) is 0.364. The fourth-order valence-corrected chi connectivity index (χ4v) is 2.44. The molecular weight excluding hydrogens is 272 g/mol. The Morgan fingerprint density at radius 3 is 3.17 bits per heavy atom. The number of fused-ring (bicyclic) bond motifs is 1. The zero-order chi connectivity index (χ0) is 13.1. The molecule has 7 heteroatoms. The summed E-state index contributed by atoms with van der Waals surface area (Å²) in [7, 11) is 0. The van der Waals surface area contributed by atoms with Crippen molar-refractivity contribution in [3.8, 4) is 0 Å². The SMILES string of the molecule is CCNC(=O)[C@@H](C)Sc1nc2ncc(Cl)cc2[nH]1. The van der Waals surface area contributed by atoms with Crippen molar-refractivity contribution in [3.05, 3.63) is 17.3 Å². The normalized spacial score (nSPS) is 12.6. The Morgan fingerprint density at radius 2 is 2.44 bits per heavy atom. The minimum atomic E-state index is -0.207. The summed E-state index contributed by atoms with van der Waals surface area (Å²) in [6.07, 6.45) is 1.55. The number of hydrogen-bond acceptors (Lipinski definition) is 4. The second kappa shape index (κ2) is 5.58. The number of aromatic amines is 1. The van der Waals surface area contributed by atoms with Crippen LogP contribution in [0.5, 0.6) is 0 Å². The Kier molecular flexibility index (Phi) is 4.08. The maximum absolute atomic E-state index is 11.6. The summed E-state index contributed by atoms with van der Waals surface area (Å²) in [5.74, 6) is -0.00560. The third kappa shape index (κ3) is 2.94. The van der Waals surface area contributed by atoms with Gasteiger partial charge in [-0.15, -0.1) is 0 Å². The van der Waals surface area contributed by atoms with E-state index in [1.165, 1.54) is 11.8 Å². The molecule has 96 valence electrons. The zero-order valence-electron chi connectivity index (χ0n) is 10.0. The van der Waals surface area contributed by atoms with Gasteiger partial charge in [0.15, 0.2) is 10.8 Å². The van der Waals surface area contributed by atoms with Gasteiger partial charge < -0.3 is 10.3 Å². The number of imidazole rings is 1. The molecule has 0 aliphatic carbocycles. The van der Waals surface area contributed by atoms with Crippen LogP contribution in [0.2, 0.25) is 5.02 Å². The fourth-order valence-electron chi connectivity index (χ4n) is 1.45. The van der Waals surface area contributed by atoms with Crippen molar-refractivity contribution < 1.29 is 4.79 Å². The van der Waals surface area contributed by atoms with Crippen LogP contribution in [-0.4, -0.2) is 32.7 Å². The average molecular weight is 285 g/mol. The zero-order valence-corrected chi connectivity index (χ0v) is 11.6. The number of amides is 1. The van der Waals surface area contributed by atoms with E-state index in [0.717, 1.165) is 5.52 Å². The lowest BCUT2D eigenvalue weighted by Crippen LogP contribution is -2.30. The molecule has 5 nitrogen and oxygen atoms in total. The average Bonchev–Trinajstić information content (AvgIpc) is 2.70. The molecule has 0 radical (unpaired) electrons. The lowest BCUT2D eigenvalue weighted by atomic mass is 10.4. The van der Waals surface area contributed by atoms with Gasteiger partial charge in [-0.2, -0.15) is 0 Å². The molecule has 2 aromatic rings. The quantitative estimate of drug-likeness (QED) is 0.845. The van der Waals surface area contributed by atoms with Gasteiger partial charge in [-0.25, -0.2) is 9.97 Å². The molecule has 18 heavy (non-hydrogen) atoms. The van der Waals surface area contributed by atoms with Crippen molar-refractivity contribution in [2.75, 3.05) is 6.54 Å². The summed E-state index contributed by atoms with van der Waals surface area (Å²) in [6, 6.07) is 1.76. The number of carbonyl (C=O) groups is 1. The van der Waals surface area contributed by atoms with Gasteiger partial charge in [-0.3, -0.25) is 4.79 Å². The van der Waals surface area contributed by atoms with Gasteiger partial charge in [0.25, 0.3) is 0 Å². The molecule has 1 atom stereocenters. The van der Waals surface area contributed by atoms with Crippen LogP contribution < -0.4 is 5.32 Å². The first kappa shape index (κ1) is 13.2. The predicted molar refractivity (Wildman–Crippen MR) is 72.9 cm³/mol. The predicted octanol–water partition coefficient (Wildman–Crippen LogP) is 2.23. The number of thioether (sulfide) groups is 1. The highest BCUT2D eigenvalue weighted by molar-refractivity contribution is 8.00. The molecule has 2 heterocycles. The highest BCUT2D eigenvalue weighted by Gasteiger charge is 2.15. The van der Waals surface area contributed by atoms with Crippen molar-refractivity contribution in [1.29, 1.82) is 0 Å². The van der Waals surface area contributed by atoms with Crippen LogP contribution in [-0.2, 0) is 4.79 Å². The van der Waals surface area contributed by atoms with E-state index < -0.39 is 0 Å². The number of nitrogens with zero attached hydrogens (tertiary/aromatic N) is 2. The van der Waals surface area contributed by atoms with Crippen molar-refractivity contribution in [2.24, 2.45) is 0 Å². The Morgan fingerprint density at radius 1 is 1.67 bits per heavy atom.